The zero-order valence-electron chi connectivity index (χ0n) is 14.7. The highest BCUT2D eigenvalue weighted by atomic mass is 79.9. The van der Waals surface area contributed by atoms with Crippen LogP contribution < -0.4 is 0 Å². The largest absolute Gasteiger partial charge is 0.358 e. The molecule has 2 aliphatic rings. The van der Waals surface area contributed by atoms with E-state index in [2.05, 4.69) is 39.3 Å². The molecular weight excluding hydrogens is 392 g/mol. The zero-order chi connectivity index (χ0) is 18.3. The number of benzene rings is 1. The van der Waals surface area contributed by atoms with Crippen molar-refractivity contribution in [2.75, 3.05) is 0 Å². The Balaban J connectivity index is 1.88. The van der Waals surface area contributed by atoms with E-state index in [4.69, 9.17) is 9.26 Å². The predicted octanol–water partition coefficient (Wildman–Crippen LogP) is 5.09. The van der Waals surface area contributed by atoms with E-state index >= 15 is 0 Å². The Morgan fingerprint density at radius 2 is 2.19 bits per heavy atom. The summed E-state index contributed by atoms with van der Waals surface area (Å²) in [5, 5.41) is 14.1. The SMILES string of the molecule is CC(C)OC1(c2onc3c2CCc2cc(Br)ccc2-3)C=CC=CC1C#N. The first-order valence-electron chi connectivity index (χ1n) is 8.76. The van der Waals surface area contributed by atoms with Gasteiger partial charge in [0.05, 0.1) is 12.2 Å². The van der Waals surface area contributed by atoms with Gasteiger partial charge in [-0.25, -0.2) is 0 Å². The monoisotopic (exact) mass is 410 g/mol. The first-order chi connectivity index (χ1) is 12.5. The maximum Gasteiger partial charge on any atom is 0.178 e. The molecule has 0 N–H and O–H groups in total. The second-order valence-corrected chi connectivity index (χ2v) is 7.87. The minimum atomic E-state index is -0.939. The number of halogens is 1. The Morgan fingerprint density at radius 3 is 2.96 bits per heavy atom. The van der Waals surface area contributed by atoms with Gasteiger partial charge in [-0.15, -0.1) is 0 Å². The van der Waals surface area contributed by atoms with Crippen LogP contribution >= 0.6 is 15.9 Å². The second kappa shape index (κ2) is 6.53. The Kier molecular flexibility index (Phi) is 4.34. The van der Waals surface area contributed by atoms with Crippen LogP contribution in [0, 0.1) is 17.2 Å². The van der Waals surface area contributed by atoms with Crippen molar-refractivity contribution in [2.45, 2.75) is 38.4 Å². The van der Waals surface area contributed by atoms with E-state index in [-0.39, 0.29) is 6.10 Å². The van der Waals surface area contributed by atoms with Crippen LogP contribution in [0.15, 0.2) is 51.5 Å². The van der Waals surface area contributed by atoms with Gasteiger partial charge < -0.3 is 9.26 Å². The van der Waals surface area contributed by atoms with Crippen LogP contribution in [-0.4, -0.2) is 11.3 Å². The number of allylic oxidation sites excluding steroid dienone is 2. The van der Waals surface area contributed by atoms with Gasteiger partial charge in [-0.2, -0.15) is 5.26 Å². The summed E-state index contributed by atoms with van der Waals surface area (Å²) in [5.41, 5.74) is 3.31. The van der Waals surface area contributed by atoms with Crippen molar-refractivity contribution in [1.82, 2.24) is 5.16 Å². The summed E-state index contributed by atoms with van der Waals surface area (Å²) in [6.07, 6.45) is 9.25. The molecule has 26 heavy (non-hydrogen) atoms. The fourth-order valence-electron chi connectivity index (χ4n) is 3.85. The molecule has 4 nitrogen and oxygen atoms in total. The quantitative estimate of drug-likeness (QED) is 0.706. The molecule has 0 saturated heterocycles. The maximum atomic E-state index is 9.75. The molecule has 1 aromatic carbocycles. The number of nitrogens with zero attached hydrogens (tertiary/aromatic N) is 2. The lowest BCUT2D eigenvalue weighted by Crippen LogP contribution is -2.38. The highest BCUT2D eigenvalue weighted by molar-refractivity contribution is 9.10. The average Bonchev–Trinajstić information content (AvgIpc) is 3.06. The van der Waals surface area contributed by atoms with Gasteiger partial charge in [-0.05, 0) is 50.5 Å². The topological polar surface area (TPSA) is 59.1 Å². The molecule has 0 bridgehead atoms. The standard InChI is InChI=1S/C21H19BrN2O2/c1-13(2)25-21(10-4-3-5-15(21)12-23)20-18-8-6-14-11-16(22)7-9-17(14)19(18)24-26-20/h3-5,7,9-11,13,15H,6,8H2,1-2H3. The van der Waals surface area contributed by atoms with Gasteiger partial charge in [0, 0.05) is 15.6 Å². The fourth-order valence-corrected chi connectivity index (χ4v) is 4.26. The van der Waals surface area contributed by atoms with Crippen LogP contribution in [0.3, 0.4) is 0 Å². The molecule has 0 spiro atoms. The van der Waals surface area contributed by atoms with Crippen molar-refractivity contribution >= 4 is 15.9 Å². The van der Waals surface area contributed by atoms with E-state index in [1.54, 1.807) is 0 Å². The van der Waals surface area contributed by atoms with Gasteiger partial charge in [-0.3, -0.25) is 0 Å². The summed E-state index contributed by atoms with van der Waals surface area (Å²) in [6, 6.07) is 8.58. The summed E-state index contributed by atoms with van der Waals surface area (Å²) in [5.74, 6) is 0.195. The Hall–Kier alpha value is -2.16. The first kappa shape index (κ1) is 17.3. The number of hydrogen-bond acceptors (Lipinski definition) is 4. The molecule has 1 aromatic heterocycles. The maximum absolute atomic E-state index is 9.75. The molecule has 0 aliphatic heterocycles. The van der Waals surface area contributed by atoms with E-state index in [1.807, 2.05) is 44.2 Å². The van der Waals surface area contributed by atoms with E-state index < -0.39 is 11.5 Å². The van der Waals surface area contributed by atoms with Crippen LogP contribution in [0.4, 0.5) is 0 Å². The number of hydrogen-bond donors (Lipinski definition) is 0. The number of nitriles is 1. The Bertz CT molecular complexity index is 951. The molecule has 1 heterocycles. The van der Waals surface area contributed by atoms with Crippen molar-refractivity contribution in [3.8, 4) is 17.3 Å². The van der Waals surface area contributed by atoms with Crippen molar-refractivity contribution in [3.05, 3.63) is 63.9 Å². The molecule has 0 fully saturated rings. The molecule has 2 atom stereocenters. The van der Waals surface area contributed by atoms with E-state index in [0.29, 0.717) is 5.76 Å². The molecule has 0 amide bonds. The minimum absolute atomic E-state index is 0.0606. The van der Waals surface area contributed by atoms with Crippen LogP contribution in [0.1, 0.15) is 30.7 Å². The molecule has 0 radical (unpaired) electrons. The minimum Gasteiger partial charge on any atom is -0.358 e. The van der Waals surface area contributed by atoms with Crippen molar-refractivity contribution in [2.24, 2.45) is 5.92 Å². The average molecular weight is 411 g/mol. The highest BCUT2D eigenvalue weighted by Gasteiger charge is 2.47. The summed E-state index contributed by atoms with van der Waals surface area (Å²) in [7, 11) is 0. The molecule has 2 aliphatic carbocycles. The van der Waals surface area contributed by atoms with Gasteiger partial charge in [0.1, 0.15) is 11.6 Å². The van der Waals surface area contributed by atoms with Crippen molar-refractivity contribution < 1.29 is 9.26 Å². The summed E-state index contributed by atoms with van der Waals surface area (Å²) >= 11 is 3.53. The lowest BCUT2D eigenvalue weighted by atomic mass is 9.78. The number of ether oxygens (including phenoxy) is 1. The molecule has 5 heteroatoms. The molecule has 4 rings (SSSR count). The molecule has 2 aromatic rings. The fraction of sp³-hybridized carbons (Fsp3) is 0.333. The third kappa shape index (κ3) is 2.65. The summed E-state index contributed by atoms with van der Waals surface area (Å²) in [6.45, 7) is 3.94. The van der Waals surface area contributed by atoms with Crippen LogP contribution in [0.2, 0.25) is 0 Å². The Morgan fingerprint density at radius 1 is 1.35 bits per heavy atom. The molecule has 0 saturated carbocycles. The number of aryl methyl sites for hydroxylation is 1. The third-order valence-electron chi connectivity index (χ3n) is 4.90. The molecule has 2 unspecified atom stereocenters. The number of rotatable bonds is 3. The normalized spacial score (nSPS) is 23.6. The molecular formula is C21H19BrN2O2. The highest BCUT2D eigenvalue weighted by Crippen LogP contribution is 2.45. The van der Waals surface area contributed by atoms with Crippen molar-refractivity contribution in [3.63, 3.8) is 0 Å². The van der Waals surface area contributed by atoms with Gasteiger partial charge in [0.25, 0.3) is 0 Å². The lowest BCUT2D eigenvalue weighted by Gasteiger charge is -2.35. The lowest BCUT2D eigenvalue weighted by molar-refractivity contribution is -0.0824. The van der Waals surface area contributed by atoms with Gasteiger partial charge in [-0.1, -0.05) is 45.4 Å². The van der Waals surface area contributed by atoms with Crippen molar-refractivity contribution in [1.29, 1.82) is 5.26 Å². The third-order valence-corrected chi connectivity index (χ3v) is 5.39. The van der Waals surface area contributed by atoms with Gasteiger partial charge in [0.2, 0.25) is 0 Å². The Labute approximate surface area is 161 Å². The number of aromatic nitrogens is 1. The van der Waals surface area contributed by atoms with Crippen LogP contribution in [0.25, 0.3) is 11.3 Å². The van der Waals surface area contributed by atoms with Gasteiger partial charge >= 0.3 is 0 Å². The smallest absolute Gasteiger partial charge is 0.178 e. The summed E-state index contributed by atoms with van der Waals surface area (Å²) in [4.78, 5) is 0. The number of fused-ring (bicyclic) bond motifs is 3. The van der Waals surface area contributed by atoms with Crippen LogP contribution in [-0.2, 0) is 23.2 Å². The van der Waals surface area contributed by atoms with E-state index in [9.17, 15) is 5.26 Å². The van der Waals surface area contributed by atoms with E-state index in [1.165, 1.54) is 5.56 Å². The summed E-state index contributed by atoms with van der Waals surface area (Å²) < 4.78 is 13.2. The second-order valence-electron chi connectivity index (χ2n) is 6.95. The van der Waals surface area contributed by atoms with Crippen LogP contribution in [0.5, 0.6) is 0 Å². The first-order valence-corrected chi connectivity index (χ1v) is 9.55. The van der Waals surface area contributed by atoms with Gasteiger partial charge in [0.15, 0.2) is 11.4 Å². The zero-order valence-corrected chi connectivity index (χ0v) is 16.3. The predicted molar refractivity (Wildman–Crippen MR) is 102 cm³/mol. The van der Waals surface area contributed by atoms with E-state index in [0.717, 1.165) is 34.1 Å². The molecule has 132 valence electrons.